The molecular formula is C27H25NO3. The molecule has 0 saturated heterocycles. The Kier molecular flexibility index (Phi) is 5.47. The number of benzene rings is 4. The summed E-state index contributed by atoms with van der Waals surface area (Å²) in [6.07, 6.45) is 0. The summed E-state index contributed by atoms with van der Waals surface area (Å²) >= 11 is 0. The maximum atomic E-state index is 13.2. The quantitative estimate of drug-likeness (QED) is 0.435. The third-order valence-corrected chi connectivity index (χ3v) is 5.75. The molecule has 0 bridgehead atoms. The van der Waals surface area contributed by atoms with Crippen LogP contribution in [0.25, 0.3) is 21.5 Å². The lowest BCUT2D eigenvalue weighted by Gasteiger charge is -2.12. The maximum absolute atomic E-state index is 13.2. The van der Waals surface area contributed by atoms with Gasteiger partial charge in [0.05, 0.1) is 7.11 Å². The van der Waals surface area contributed by atoms with Crippen molar-refractivity contribution in [2.24, 2.45) is 0 Å². The molecule has 0 aliphatic rings. The van der Waals surface area contributed by atoms with E-state index < -0.39 is 0 Å². The van der Waals surface area contributed by atoms with Crippen LogP contribution < -0.4 is 10.1 Å². The van der Waals surface area contributed by atoms with Crippen LogP contribution >= 0.6 is 0 Å². The lowest BCUT2D eigenvalue weighted by atomic mass is 9.94. The number of fused-ring (bicyclic) bond motifs is 2. The number of hydrogen-bond donors (Lipinski definition) is 1. The Hall–Kier alpha value is -3.66. The monoisotopic (exact) mass is 411 g/mol. The van der Waals surface area contributed by atoms with Crippen molar-refractivity contribution < 1.29 is 14.3 Å². The normalized spacial score (nSPS) is 11.0. The highest BCUT2D eigenvalue weighted by Crippen LogP contribution is 2.31. The van der Waals surface area contributed by atoms with E-state index in [1.165, 1.54) is 0 Å². The maximum Gasteiger partial charge on any atom is 0.251 e. The number of carbonyl (C=O) groups excluding carboxylic acids is 2. The fraction of sp³-hybridized carbons (Fsp3) is 0.185. The number of ether oxygens (including phenoxy) is 1. The minimum Gasteiger partial charge on any atom is -0.496 e. The summed E-state index contributed by atoms with van der Waals surface area (Å²) in [5.74, 6) is 0.734. The van der Waals surface area contributed by atoms with Crippen LogP contribution in [0, 0.1) is 13.8 Å². The molecule has 156 valence electrons. The Balaban J connectivity index is 1.71. The molecule has 4 aromatic rings. The highest BCUT2D eigenvalue weighted by atomic mass is 16.5. The highest BCUT2D eigenvalue weighted by molar-refractivity contribution is 6.12. The van der Waals surface area contributed by atoms with E-state index in [0.29, 0.717) is 23.2 Å². The van der Waals surface area contributed by atoms with E-state index in [2.05, 4.69) is 5.32 Å². The smallest absolute Gasteiger partial charge is 0.251 e. The zero-order chi connectivity index (χ0) is 22.1. The number of rotatable bonds is 5. The predicted molar refractivity (Wildman–Crippen MR) is 125 cm³/mol. The molecule has 1 amide bonds. The molecule has 4 aromatic carbocycles. The Labute approximate surface area is 181 Å². The molecule has 4 heteroatoms. The van der Waals surface area contributed by atoms with E-state index in [9.17, 15) is 9.59 Å². The molecule has 0 fully saturated rings. The summed E-state index contributed by atoms with van der Waals surface area (Å²) in [4.78, 5) is 25.3. The van der Waals surface area contributed by atoms with Crippen molar-refractivity contribution >= 4 is 33.2 Å². The minimum atomic E-state index is -0.0944. The molecule has 0 aliphatic carbocycles. The number of carbonyl (C=O) groups is 2. The summed E-state index contributed by atoms with van der Waals surface area (Å²) in [5, 5.41) is 6.80. The average molecular weight is 412 g/mol. The topological polar surface area (TPSA) is 55.4 Å². The molecule has 1 N–H and O–H groups in total. The number of methoxy groups -OCH3 is 1. The van der Waals surface area contributed by atoms with Crippen molar-refractivity contribution in [2.45, 2.75) is 20.8 Å². The third kappa shape index (κ3) is 3.77. The summed E-state index contributed by atoms with van der Waals surface area (Å²) in [6, 6.07) is 19.0. The fourth-order valence-corrected chi connectivity index (χ4v) is 4.02. The molecule has 4 nitrogen and oxygen atoms in total. The Morgan fingerprint density at radius 3 is 2.10 bits per heavy atom. The van der Waals surface area contributed by atoms with Gasteiger partial charge in [0.2, 0.25) is 0 Å². The summed E-state index contributed by atoms with van der Waals surface area (Å²) in [7, 11) is 1.67. The van der Waals surface area contributed by atoms with Crippen molar-refractivity contribution in [3.63, 3.8) is 0 Å². The second-order valence-electron chi connectivity index (χ2n) is 7.75. The summed E-state index contributed by atoms with van der Waals surface area (Å²) < 4.78 is 5.47. The molecule has 0 atom stereocenters. The van der Waals surface area contributed by atoms with Crippen LogP contribution in [0.1, 0.15) is 44.3 Å². The first-order valence-electron chi connectivity index (χ1n) is 10.4. The predicted octanol–water partition coefficient (Wildman–Crippen LogP) is 5.60. The van der Waals surface area contributed by atoms with Gasteiger partial charge in [-0.3, -0.25) is 9.59 Å². The number of hydrogen-bond acceptors (Lipinski definition) is 3. The first-order valence-corrected chi connectivity index (χ1v) is 10.4. The van der Waals surface area contributed by atoms with Gasteiger partial charge in [-0.1, -0.05) is 30.3 Å². The second-order valence-corrected chi connectivity index (χ2v) is 7.75. The first kappa shape index (κ1) is 20.6. The van der Waals surface area contributed by atoms with Crippen molar-refractivity contribution in [1.82, 2.24) is 5.32 Å². The van der Waals surface area contributed by atoms with Gasteiger partial charge in [-0.05, 0) is 83.8 Å². The minimum absolute atomic E-state index is 0.0236. The molecule has 0 saturated carbocycles. The van der Waals surface area contributed by atoms with Gasteiger partial charge in [-0.15, -0.1) is 0 Å². The SMILES string of the molecule is CCNC(=O)c1ccc2cc(C(=O)c3ccc4c(C)c(OC)cc(C)c4c3)ccc2c1. The largest absolute Gasteiger partial charge is 0.496 e. The van der Waals surface area contributed by atoms with E-state index in [1.54, 1.807) is 13.2 Å². The van der Waals surface area contributed by atoms with Crippen LogP contribution in [0.5, 0.6) is 5.75 Å². The molecule has 0 radical (unpaired) electrons. The van der Waals surface area contributed by atoms with Gasteiger partial charge in [0.15, 0.2) is 5.78 Å². The summed E-state index contributed by atoms with van der Waals surface area (Å²) in [5.41, 5.74) is 4.03. The van der Waals surface area contributed by atoms with Crippen molar-refractivity contribution in [1.29, 1.82) is 0 Å². The highest BCUT2D eigenvalue weighted by Gasteiger charge is 2.14. The van der Waals surface area contributed by atoms with Crippen LogP contribution in [0.2, 0.25) is 0 Å². The Morgan fingerprint density at radius 2 is 1.42 bits per heavy atom. The van der Waals surface area contributed by atoms with Gasteiger partial charge in [0, 0.05) is 23.2 Å². The standard InChI is InChI=1S/C27H25NO3/c1-5-28-27(30)22-9-7-18-13-20(8-6-19(18)14-22)26(29)21-10-11-23-17(3)25(31-4)12-16(2)24(23)15-21/h6-15H,5H2,1-4H3,(H,28,30). The average Bonchev–Trinajstić information content (AvgIpc) is 2.80. The molecule has 0 unspecified atom stereocenters. The number of amides is 1. The van der Waals surface area contributed by atoms with Gasteiger partial charge < -0.3 is 10.1 Å². The van der Waals surface area contributed by atoms with E-state index in [-0.39, 0.29) is 11.7 Å². The zero-order valence-electron chi connectivity index (χ0n) is 18.2. The van der Waals surface area contributed by atoms with Crippen LogP contribution in [-0.4, -0.2) is 25.3 Å². The number of ketones is 1. The van der Waals surface area contributed by atoms with Gasteiger partial charge in [-0.25, -0.2) is 0 Å². The summed E-state index contributed by atoms with van der Waals surface area (Å²) in [6.45, 7) is 6.53. The Morgan fingerprint density at radius 1 is 0.806 bits per heavy atom. The first-order chi connectivity index (χ1) is 14.9. The Bertz CT molecular complexity index is 1340. The van der Waals surface area contributed by atoms with Crippen molar-refractivity contribution in [3.05, 3.63) is 88.5 Å². The molecule has 0 heterocycles. The van der Waals surface area contributed by atoms with Crippen LogP contribution in [0.3, 0.4) is 0 Å². The second kappa shape index (κ2) is 8.23. The lowest BCUT2D eigenvalue weighted by molar-refractivity contribution is 0.0955. The van der Waals surface area contributed by atoms with Gasteiger partial charge in [0.25, 0.3) is 5.91 Å². The van der Waals surface area contributed by atoms with Gasteiger partial charge in [0.1, 0.15) is 5.75 Å². The number of aryl methyl sites for hydroxylation is 2. The molecule has 31 heavy (non-hydrogen) atoms. The zero-order valence-corrected chi connectivity index (χ0v) is 18.2. The molecule has 0 aliphatic heterocycles. The van der Waals surface area contributed by atoms with Crippen molar-refractivity contribution in [3.8, 4) is 5.75 Å². The van der Waals surface area contributed by atoms with Crippen molar-refractivity contribution in [2.75, 3.05) is 13.7 Å². The van der Waals surface area contributed by atoms with Crippen LogP contribution in [0.15, 0.2) is 60.7 Å². The van der Waals surface area contributed by atoms with Gasteiger partial charge >= 0.3 is 0 Å². The molecule has 0 spiro atoms. The third-order valence-electron chi connectivity index (χ3n) is 5.75. The van der Waals surface area contributed by atoms with E-state index >= 15 is 0 Å². The molecule has 0 aromatic heterocycles. The van der Waals surface area contributed by atoms with Gasteiger partial charge in [-0.2, -0.15) is 0 Å². The molecule has 4 rings (SSSR count). The van der Waals surface area contributed by atoms with E-state index in [4.69, 9.17) is 4.74 Å². The van der Waals surface area contributed by atoms with E-state index in [0.717, 1.165) is 38.4 Å². The van der Waals surface area contributed by atoms with Crippen LogP contribution in [-0.2, 0) is 0 Å². The van der Waals surface area contributed by atoms with Crippen LogP contribution in [0.4, 0.5) is 0 Å². The molecular weight excluding hydrogens is 386 g/mol. The lowest BCUT2D eigenvalue weighted by Crippen LogP contribution is -2.22. The van der Waals surface area contributed by atoms with E-state index in [1.807, 2.05) is 75.4 Å². The number of nitrogens with one attached hydrogen (secondary N) is 1. The fourth-order valence-electron chi connectivity index (χ4n) is 4.02.